The fraction of sp³-hybridized carbons (Fsp3) is 0.143. The van der Waals surface area contributed by atoms with Gasteiger partial charge in [-0.25, -0.2) is 8.42 Å². The van der Waals surface area contributed by atoms with Crippen molar-refractivity contribution in [2.24, 2.45) is 0 Å². The minimum absolute atomic E-state index is 0.00190. The van der Waals surface area contributed by atoms with Crippen molar-refractivity contribution in [2.75, 3.05) is 23.8 Å². The summed E-state index contributed by atoms with van der Waals surface area (Å²) in [5.74, 6) is -0.711. The Morgan fingerprint density at radius 1 is 1.22 bits per heavy atom. The second-order valence-electron chi connectivity index (χ2n) is 7.08. The number of carbonyl (C=O) groups excluding carboxylic acids is 2. The number of thiophene rings is 1. The molecular formula is C21H17BrClN3O4S2. The van der Waals surface area contributed by atoms with E-state index in [1.165, 1.54) is 28.4 Å². The van der Waals surface area contributed by atoms with Gasteiger partial charge in [-0.1, -0.05) is 39.7 Å². The number of halogens is 2. The Bertz CT molecular complexity index is 1310. The molecule has 2 heterocycles. The van der Waals surface area contributed by atoms with E-state index in [1.807, 2.05) is 0 Å². The van der Waals surface area contributed by atoms with E-state index < -0.39 is 15.9 Å². The predicted molar refractivity (Wildman–Crippen MR) is 129 cm³/mol. The molecule has 7 nitrogen and oxygen atoms in total. The molecule has 0 spiro atoms. The lowest BCUT2D eigenvalue weighted by atomic mass is 10.2. The van der Waals surface area contributed by atoms with Gasteiger partial charge in [0.1, 0.15) is 11.4 Å². The number of sulfonamides is 1. The Morgan fingerprint density at radius 2 is 1.91 bits per heavy atom. The molecule has 0 radical (unpaired) electrons. The average Bonchev–Trinajstić information content (AvgIpc) is 3.13. The first-order valence-electron chi connectivity index (χ1n) is 9.37. The van der Waals surface area contributed by atoms with Crippen molar-refractivity contribution in [2.45, 2.75) is 11.4 Å². The summed E-state index contributed by atoms with van der Waals surface area (Å²) in [6.45, 7) is -0.130. The SMILES string of the molecule is CN(Cc1csc(C(=O)N2CC(=O)Nc3ccccc32)c1Cl)S(=O)(=O)c1ccc(Br)cc1. The largest absolute Gasteiger partial charge is 0.323 e. The molecular weight excluding hydrogens is 538 g/mol. The number of hydrogen-bond donors (Lipinski definition) is 1. The summed E-state index contributed by atoms with van der Waals surface area (Å²) in [4.78, 5) is 27.1. The number of benzene rings is 2. The summed E-state index contributed by atoms with van der Waals surface area (Å²) in [6, 6.07) is 13.3. The van der Waals surface area contributed by atoms with Crippen LogP contribution in [0.25, 0.3) is 0 Å². The monoisotopic (exact) mass is 553 g/mol. The van der Waals surface area contributed by atoms with Gasteiger partial charge in [-0.15, -0.1) is 11.3 Å². The Morgan fingerprint density at radius 3 is 2.62 bits per heavy atom. The Balaban J connectivity index is 1.58. The third-order valence-corrected chi connectivity index (χ3v) is 8.83. The molecule has 3 aromatic rings. The minimum Gasteiger partial charge on any atom is -0.323 e. The van der Waals surface area contributed by atoms with Crippen LogP contribution in [0, 0.1) is 0 Å². The maximum atomic E-state index is 13.2. The average molecular weight is 555 g/mol. The van der Waals surface area contributed by atoms with E-state index in [1.54, 1.807) is 41.8 Å². The predicted octanol–water partition coefficient (Wildman–Crippen LogP) is 4.58. The van der Waals surface area contributed by atoms with E-state index in [-0.39, 0.29) is 33.8 Å². The van der Waals surface area contributed by atoms with Crippen LogP contribution in [-0.4, -0.2) is 38.1 Å². The molecule has 0 bridgehead atoms. The molecule has 1 N–H and O–H groups in total. The van der Waals surface area contributed by atoms with Crippen LogP contribution in [0.3, 0.4) is 0 Å². The third-order valence-electron chi connectivity index (χ3n) is 4.93. The van der Waals surface area contributed by atoms with Gasteiger partial charge >= 0.3 is 0 Å². The highest BCUT2D eigenvalue weighted by molar-refractivity contribution is 9.10. The first-order chi connectivity index (χ1) is 15.2. The maximum Gasteiger partial charge on any atom is 0.270 e. The van der Waals surface area contributed by atoms with Gasteiger partial charge in [-0.3, -0.25) is 14.5 Å². The summed E-state index contributed by atoms with van der Waals surface area (Å²) in [6.07, 6.45) is 0. The van der Waals surface area contributed by atoms with Crippen LogP contribution in [0.4, 0.5) is 11.4 Å². The van der Waals surface area contributed by atoms with Crippen molar-refractivity contribution >= 4 is 72.1 Å². The van der Waals surface area contributed by atoms with Gasteiger partial charge in [0.2, 0.25) is 15.9 Å². The number of nitrogens with zero attached hydrogens (tertiary/aromatic N) is 2. The number of fused-ring (bicyclic) bond motifs is 1. The fourth-order valence-electron chi connectivity index (χ4n) is 3.28. The summed E-state index contributed by atoms with van der Waals surface area (Å²) in [5.41, 5.74) is 1.64. The molecule has 1 aliphatic rings. The van der Waals surface area contributed by atoms with Crippen molar-refractivity contribution in [3.8, 4) is 0 Å². The molecule has 1 aromatic heterocycles. The molecule has 4 rings (SSSR count). The van der Waals surface area contributed by atoms with Crippen molar-refractivity contribution in [3.63, 3.8) is 0 Å². The number of hydrogen-bond acceptors (Lipinski definition) is 5. The molecule has 0 saturated carbocycles. The number of para-hydroxylation sites is 2. The summed E-state index contributed by atoms with van der Waals surface area (Å²) >= 11 is 10.9. The van der Waals surface area contributed by atoms with Crippen LogP contribution in [0.5, 0.6) is 0 Å². The highest BCUT2D eigenvalue weighted by atomic mass is 79.9. The van der Waals surface area contributed by atoms with Gasteiger partial charge in [0.05, 0.1) is 21.3 Å². The third kappa shape index (κ3) is 4.33. The number of nitrogens with one attached hydrogen (secondary N) is 1. The van der Waals surface area contributed by atoms with E-state index in [0.29, 0.717) is 16.9 Å². The zero-order chi connectivity index (χ0) is 23.0. The lowest BCUT2D eigenvalue weighted by Gasteiger charge is -2.28. The topological polar surface area (TPSA) is 86.8 Å². The maximum absolute atomic E-state index is 13.2. The van der Waals surface area contributed by atoms with Gasteiger partial charge in [-0.05, 0) is 47.3 Å². The van der Waals surface area contributed by atoms with Crippen LogP contribution in [0.1, 0.15) is 15.2 Å². The van der Waals surface area contributed by atoms with E-state index in [9.17, 15) is 18.0 Å². The second-order valence-corrected chi connectivity index (χ2v) is 11.3. The molecule has 11 heteroatoms. The van der Waals surface area contributed by atoms with Crippen LogP contribution in [-0.2, 0) is 21.4 Å². The van der Waals surface area contributed by atoms with Gasteiger partial charge in [-0.2, -0.15) is 4.31 Å². The quantitative estimate of drug-likeness (QED) is 0.500. The van der Waals surface area contributed by atoms with E-state index in [2.05, 4.69) is 21.2 Å². The molecule has 0 unspecified atom stereocenters. The summed E-state index contributed by atoms with van der Waals surface area (Å²) in [5, 5.41) is 4.59. The van der Waals surface area contributed by atoms with Gasteiger partial charge in [0.25, 0.3) is 5.91 Å². The van der Waals surface area contributed by atoms with E-state index in [0.717, 1.165) is 15.8 Å². The highest BCUT2D eigenvalue weighted by Crippen LogP contribution is 2.35. The molecule has 2 aromatic carbocycles. The molecule has 0 atom stereocenters. The number of rotatable bonds is 5. The summed E-state index contributed by atoms with van der Waals surface area (Å²) < 4.78 is 27.7. The standard InChI is InChI=1S/C21H17BrClN3O4S2/c1-25(32(29,30)15-8-6-14(22)7-9-15)10-13-12-31-20(19(13)23)21(28)26-11-18(27)24-16-4-2-3-5-17(16)26/h2-9,12H,10-11H2,1H3,(H,24,27). The number of carbonyl (C=O) groups is 2. The first-order valence-corrected chi connectivity index (χ1v) is 12.9. The van der Waals surface area contributed by atoms with Crippen molar-refractivity contribution in [1.82, 2.24) is 4.31 Å². The Kier molecular flexibility index (Phi) is 6.42. The van der Waals surface area contributed by atoms with Gasteiger partial charge in [0, 0.05) is 18.1 Å². The molecule has 0 aliphatic carbocycles. The molecule has 1 aliphatic heterocycles. The zero-order valence-corrected chi connectivity index (χ0v) is 20.7. The molecule has 0 fully saturated rings. The fourth-order valence-corrected chi connectivity index (χ4v) is 5.98. The molecule has 32 heavy (non-hydrogen) atoms. The van der Waals surface area contributed by atoms with Crippen LogP contribution in [0.15, 0.2) is 63.3 Å². The first kappa shape index (κ1) is 22.9. The number of amides is 2. The van der Waals surface area contributed by atoms with E-state index in [4.69, 9.17) is 11.6 Å². The summed E-state index contributed by atoms with van der Waals surface area (Å²) in [7, 11) is -2.28. The van der Waals surface area contributed by atoms with Gasteiger partial charge in [0.15, 0.2) is 0 Å². The van der Waals surface area contributed by atoms with Crippen LogP contribution >= 0.6 is 38.9 Å². The molecule has 2 amide bonds. The lowest BCUT2D eigenvalue weighted by Crippen LogP contribution is -2.42. The molecule has 0 saturated heterocycles. The normalized spacial score (nSPS) is 13.8. The van der Waals surface area contributed by atoms with Crippen molar-refractivity contribution in [3.05, 3.63) is 73.8 Å². The smallest absolute Gasteiger partial charge is 0.270 e. The van der Waals surface area contributed by atoms with E-state index >= 15 is 0 Å². The Labute approximate surface area is 202 Å². The number of anilines is 2. The zero-order valence-electron chi connectivity index (χ0n) is 16.7. The van der Waals surface area contributed by atoms with Crippen LogP contribution < -0.4 is 10.2 Å². The molecule has 166 valence electrons. The van der Waals surface area contributed by atoms with Crippen molar-refractivity contribution < 1.29 is 18.0 Å². The highest BCUT2D eigenvalue weighted by Gasteiger charge is 2.31. The van der Waals surface area contributed by atoms with Crippen LogP contribution in [0.2, 0.25) is 5.02 Å². The lowest BCUT2D eigenvalue weighted by molar-refractivity contribution is -0.115. The van der Waals surface area contributed by atoms with Gasteiger partial charge < -0.3 is 5.32 Å². The Hall–Kier alpha value is -2.24. The second kappa shape index (κ2) is 8.95. The van der Waals surface area contributed by atoms with Crippen molar-refractivity contribution in [1.29, 1.82) is 0 Å². The minimum atomic E-state index is -3.74.